The predicted octanol–water partition coefficient (Wildman–Crippen LogP) is 1.90. The molecule has 0 unspecified atom stereocenters. The first-order chi connectivity index (χ1) is 5.01. The molecule has 0 aromatic rings. The second kappa shape index (κ2) is 4.23. The van der Waals surface area contributed by atoms with Gasteiger partial charge in [-0.2, -0.15) is 0 Å². The van der Waals surface area contributed by atoms with E-state index in [9.17, 15) is 0 Å². The number of hydrogen-bond acceptors (Lipinski definition) is 2. The number of rotatable bonds is 4. The summed E-state index contributed by atoms with van der Waals surface area (Å²) in [5.41, 5.74) is 6.97. The zero-order valence-corrected chi connectivity index (χ0v) is 9.35. The zero-order valence-electron chi connectivity index (χ0n) is 8.35. The highest BCUT2D eigenvalue weighted by molar-refractivity contribution is 6.76. The molecule has 0 spiro atoms. The molecule has 0 aliphatic rings. The third-order valence-corrected chi connectivity index (χ3v) is 7.96. The van der Waals surface area contributed by atoms with Gasteiger partial charge in [0.1, 0.15) is 0 Å². The summed E-state index contributed by atoms with van der Waals surface area (Å²) in [5.74, 6) is 0. The first kappa shape index (κ1) is 11.1. The van der Waals surface area contributed by atoms with Gasteiger partial charge in [0.25, 0.3) is 0 Å². The molecule has 0 rings (SSSR count). The van der Waals surface area contributed by atoms with Crippen LogP contribution in [-0.2, 0) is 4.43 Å². The van der Waals surface area contributed by atoms with Crippen LogP contribution in [0.25, 0.3) is 0 Å². The largest absolute Gasteiger partial charge is 0.418 e. The third kappa shape index (κ3) is 2.04. The van der Waals surface area contributed by atoms with Gasteiger partial charge in [0, 0.05) is 13.3 Å². The Bertz CT molecular complexity index is 101. The van der Waals surface area contributed by atoms with Gasteiger partial charge in [0.05, 0.1) is 0 Å². The van der Waals surface area contributed by atoms with E-state index in [0.29, 0.717) is 11.1 Å². The highest BCUT2D eigenvalue weighted by atomic mass is 28.4. The minimum Gasteiger partial charge on any atom is -0.418 e. The normalized spacial score (nSPS) is 13.1. The van der Waals surface area contributed by atoms with Crippen molar-refractivity contribution in [2.45, 2.75) is 38.8 Å². The minimum absolute atomic E-state index is 0.609. The van der Waals surface area contributed by atoms with Crippen LogP contribution in [0, 0.1) is 0 Å². The third-order valence-electron chi connectivity index (χ3n) is 2.65. The van der Waals surface area contributed by atoms with E-state index in [2.05, 4.69) is 27.7 Å². The second-order valence-corrected chi connectivity index (χ2v) is 8.71. The zero-order chi connectivity index (χ0) is 9.07. The average molecular weight is 175 g/mol. The minimum atomic E-state index is -1.62. The Morgan fingerprint density at radius 3 is 1.55 bits per heavy atom. The average Bonchev–Trinajstić information content (AvgIpc) is 1.90. The van der Waals surface area contributed by atoms with Crippen LogP contribution in [0.3, 0.4) is 0 Å². The van der Waals surface area contributed by atoms with Crippen molar-refractivity contribution >= 4 is 8.32 Å². The molecule has 0 atom stereocenters. The van der Waals surface area contributed by atoms with Gasteiger partial charge in [0.15, 0.2) is 0 Å². The lowest BCUT2D eigenvalue weighted by molar-refractivity contribution is 0.371. The van der Waals surface area contributed by atoms with Crippen LogP contribution in [-0.4, -0.2) is 21.6 Å². The Labute approximate surface area is 71.3 Å². The summed E-state index contributed by atoms with van der Waals surface area (Å²) in [6.07, 6.45) is 0.735. The van der Waals surface area contributed by atoms with Gasteiger partial charge in [-0.15, -0.1) is 0 Å². The smallest absolute Gasteiger partial charge is 0.210 e. The van der Waals surface area contributed by atoms with E-state index < -0.39 is 8.32 Å². The maximum absolute atomic E-state index is 5.76. The molecule has 2 N–H and O–H groups in total. The molecule has 0 bridgehead atoms. The van der Waals surface area contributed by atoms with Crippen molar-refractivity contribution < 1.29 is 4.43 Å². The number of hydrogen-bond donors (Lipinski definition) is 1. The Kier molecular flexibility index (Phi) is 4.29. The predicted molar refractivity (Wildman–Crippen MR) is 52.0 cm³/mol. The summed E-state index contributed by atoms with van der Waals surface area (Å²) in [7, 11) is 0.184. The molecule has 0 aliphatic carbocycles. The van der Waals surface area contributed by atoms with E-state index >= 15 is 0 Å². The standard InChI is InChI=1S/C8H21NOSi/c1-7(2)11(6-9,10-5)8(3)4/h7-8H,6,9H2,1-5H3. The Balaban J connectivity index is 4.46. The molecule has 0 heterocycles. The van der Waals surface area contributed by atoms with E-state index in [0.717, 1.165) is 6.17 Å². The topological polar surface area (TPSA) is 35.2 Å². The van der Waals surface area contributed by atoms with Gasteiger partial charge in [-0.3, -0.25) is 0 Å². The SMILES string of the molecule is CO[Si](CN)(C(C)C)C(C)C. The van der Waals surface area contributed by atoms with E-state index in [-0.39, 0.29) is 0 Å². The van der Waals surface area contributed by atoms with Crippen LogP contribution in [0.5, 0.6) is 0 Å². The van der Waals surface area contributed by atoms with E-state index in [1.165, 1.54) is 0 Å². The summed E-state index contributed by atoms with van der Waals surface area (Å²) in [6.45, 7) is 8.84. The molecular weight excluding hydrogens is 154 g/mol. The van der Waals surface area contributed by atoms with E-state index in [1.807, 2.05) is 0 Å². The molecule has 0 amide bonds. The summed E-state index contributed by atoms with van der Waals surface area (Å²) in [5, 5.41) is 0. The lowest BCUT2D eigenvalue weighted by atomic mass is 10.5. The second-order valence-electron chi connectivity index (χ2n) is 3.67. The van der Waals surface area contributed by atoms with Crippen molar-refractivity contribution in [2.75, 3.05) is 13.3 Å². The molecule has 0 saturated heterocycles. The van der Waals surface area contributed by atoms with Crippen LogP contribution < -0.4 is 5.73 Å². The van der Waals surface area contributed by atoms with Crippen molar-refractivity contribution in [1.82, 2.24) is 0 Å². The molecule has 68 valence electrons. The van der Waals surface area contributed by atoms with Crippen LogP contribution in [0.1, 0.15) is 27.7 Å². The molecule has 0 aliphatic heterocycles. The quantitative estimate of drug-likeness (QED) is 0.662. The molecule has 2 nitrogen and oxygen atoms in total. The van der Waals surface area contributed by atoms with Crippen molar-refractivity contribution in [2.24, 2.45) is 5.73 Å². The van der Waals surface area contributed by atoms with Crippen molar-refractivity contribution in [3.63, 3.8) is 0 Å². The maximum atomic E-state index is 5.76. The van der Waals surface area contributed by atoms with Crippen LogP contribution in [0.15, 0.2) is 0 Å². The van der Waals surface area contributed by atoms with Gasteiger partial charge in [-0.25, -0.2) is 0 Å². The van der Waals surface area contributed by atoms with Crippen molar-refractivity contribution in [3.8, 4) is 0 Å². The first-order valence-corrected chi connectivity index (χ1v) is 6.53. The molecule has 11 heavy (non-hydrogen) atoms. The van der Waals surface area contributed by atoms with Gasteiger partial charge in [-0.1, -0.05) is 27.7 Å². The van der Waals surface area contributed by atoms with Crippen LogP contribution >= 0.6 is 0 Å². The molecule has 3 heteroatoms. The summed E-state index contributed by atoms with van der Waals surface area (Å²) < 4.78 is 5.62. The lowest BCUT2D eigenvalue weighted by Gasteiger charge is -2.35. The molecular formula is C8H21NOSi. The van der Waals surface area contributed by atoms with Gasteiger partial charge in [0.2, 0.25) is 8.32 Å². The Morgan fingerprint density at radius 2 is 1.55 bits per heavy atom. The van der Waals surface area contributed by atoms with Gasteiger partial charge >= 0.3 is 0 Å². The van der Waals surface area contributed by atoms with Crippen LogP contribution in [0.2, 0.25) is 11.1 Å². The fraction of sp³-hybridized carbons (Fsp3) is 1.00. The molecule has 0 saturated carbocycles. The van der Waals surface area contributed by atoms with Crippen molar-refractivity contribution in [1.29, 1.82) is 0 Å². The molecule has 0 radical (unpaired) electrons. The summed E-state index contributed by atoms with van der Waals surface area (Å²) in [6, 6.07) is 0. The van der Waals surface area contributed by atoms with E-state index in [1.54, 1.807) is 7.11 Å². The first-order valence-electron chi connectivity index (χ1n) is 4.26. The highest BCUT2D eigenvalue weighted by Crippen LogP contribution is 2.31. The lowest BCUT2D eigenvalue weighted by Crippen LogP contribution is -2.51. The number of nitrogens with two attached hydrogens (primary N) is 1. The summed E-state index contributed by atoms with van der Waals surface area (Å²) >= 11 is 0. The molecule has 0 aromatic carbocycles. The Morgan fingerprint density at radius 1 is 1.18 bits per heavy atom. The highest BCUT2D eigenvalue weighted by Gasteiger charge is 2.39. The van der Waals surface area contributed by atoms with Gasteiger partial charge in [-0.05, 0) is 11.1 Å². The monoisotopic (exact) mass is 175 g/mol. The maximum Gasteiger partial charge on any atom is 0.210 e. The summed E-state index contributed by atoms with van der Waals surface area (Å²) in [4.78, 5) is 0. The van der Waals surface area contributed by atoms with Gasteiger partial charge < -0.3 is 10.2 Å². The Hall–Kier alpha value is 0.137. The van der Waals surface area contributed by atoms with E-state index in [4.69, 9.17) is 10.2 Å². The fourth-order valence-corrected chi connectivity index (χ4v) is 5.08. The molecule has 0 fully saturated rings. The van der Waals surface area contributed by atoms with Crippen LogP contribution in [0.4, 0.5) is 0 Å². The molecule has 0 aromatic heterocycles. The van der Waals surface area contributed by atoms with Crippen molar-refractivity contribution in [3.05, 3.63) is 0 Å². The fourth-order valence-electron chi connectivity index (χ4n) is 1.69.